The minimum Gasteiger partial charge on any atom is -0.392 e. The molecule has 4 N–H and O–H groups in total. The number of nitrogens with one attached hydrogen (secondary N) is 1. The van der Waals surface area contributed by atoms with Crippen LogP contribution in [0.1, 0.15) is 25.5 Å². The number of halogens is 2. The van der Waals surface area contributed by atoms with Gasteiger partial charge in [0.15, 0.2) is 0 Å². The lowest BCUT2D eigenvalue weighted by Gasteiger charge is -2.27. The molecule has 0 heterocycles. The lowest BCUT2D eigenvalue weighted by molar-refractivity contribution is 0.143. The summed E-state index contributed by atoms with van der Waals surface area (Å²) < 4.78 is 26.2. The second kappa shape index (κ2) is 6.05. The molecule has 0 amide bonds. The van der Waals surface area contributed by atoms with E-state index in [2.05, 4.69) is 5.32 Å². The molecule has 3 atom stereocenters. The summed E-state index contributed by atoms with van der Waals surface area (Å²) in [5.41, 5.74) is 6.22. The molecule has 0 bridgehead atoms. The highest BCUT2D eigenvalue weighted by Gasteiger charge is 2.23. The SMILES string of the molecule is CCNC(c1cc(F)cc(F)c1)[C@H](N)[C@@H](C)O. The van der Waals surface area contributed by atoms with Gasteiger partial charge in [-0.1, -0.05) is 6.92 Å². The van der Waals surface area contributed by atoms with Crippen molar-refractivity contribution in [2.24, 2.45) is 5.73 Å². The average Bonchev–Trinajstić information content (AvgIpc) is 2.23. The maximum atomic E-state index is 13.1. The molecular weight excluding hydrogens is 226 g/mol. The highest BCUT2D eigenvalue weighted by molar-refractivity contribution is 5.23. The van der Waals surface area contributed by atoms with E-state index in [1.54, 1.807) is 6.92 Å². The highest BCUT2D eigenvalue weighted by atomic mass is 19.1. The van der Waals surface area contributed by atoms with E-state index in [1.165, 1.54) is 12.1 Å². The predicted octanol–water partition coefficient (Wildman–Crippen LogP) is 1.32. The standard InChI is InChI=1S/C12H18F2N2O/c1-3-16-12(11(15)7(2)17)8-4-9(13)6-10(14)5-8/h4-7,11-12,16-17H,3,15H2,1-2H3/t7-,11-,12?/m1/s1. The van der Waals surface area contributed by atoms with E-state index in [0.29, 0.717) is 12.1 Å². The zero-order chi connectivity index (χ0) is 13.0. The lowest BCUT2D eigenvalue weighted by atomic mass is 9.96. The first-order chi connectivity index (χ1) is 7.95. The van der Waals surface area contributed by atoms with Gasteiger partial charge in [-0.05, 0) is 31.2 Å². The summed E-state index contributed by atoms with van der Waals surface area (Å²) in [4.78, 5) is 0. The summed E-state index contributed by atoms with van der Waals surface area (Å²) in [6, 6.07) is 2.14. The van der Waals surface area contributed by atoms with E-state index in [0.717, 1.165) is 6.07 Å². The van der Waals surface area contributed by atoms with Gasteiger partial charge in [-0.15, -0.1) is 0 Å². The molecule has 3 nitrogen and oxygen atoms in total. The third-order valence-corrected chi connectivity index (χ3v) is 2.61. The third-order valence-electron chi connectivity index (χ3n) is 2.61. The first kappa shape index (κ1) is 14.0. The molecule has 1 unspecified atom stereocenters. The van der Waals surface area contributed by atoms with Crippen LogP contribution in [-0.2, 0) is 0 Å². The zero-order valence-electron chi connectivity index (χ0n) is 9.95. The van der Waals surface area contributed by atoms with E-state index in [9.17, 15) is 13.9 Å². The molecule has 0 saturated carbocycles. The van der Waals surface area contributed by atoms with Gasteiger partial charge >= 0.3 is 0 Å². The number of likely N-dealkylation sites (N-methyl/N-ethyl adjacent to an activating group) is 1. The molecule has 1 aromatic rings. The molecule has 1 aromatic carbocycles. The van der Waals surface area contributed by atoms with E-state index < -0.39 is 29.8 Å². The smallest absolute Gasteiger partial charge is 0.126 e. The van der Waals surface area contributed by atoms with Crippen molar-refractivity contribution in [3.63, 3.8) is 0 Å². The number of nitrogens with two attached hydrogens (primary N) is 1. The minimum atomic E-state index is -0.773. The number of hydrogen-bond acceptors (Lipinski definition) is 3. The van der Waals surface area contributed by atoms with Crippen molar-refractivity contribution in [2.75, 3.05) is 6.54 Å². The van der Waals surface area contributed by atoms with Gasteiger partial charge in [0.2, 0.25) is 0 Å². The maximum absolute atomic E-state index is 13.1. The van der Waals surface area contributed by atoms with Crippen LogP contribution in [0.2, 0.25) is 0 Å². The fourth-order valence-electron chi connectivity index (χ4n) is 1.73. The molecule has 96 valence electrons. The van der Waals surface area contributed by atoms with Crippen LogP contribution < -0.4 is 11.1 Å². The van der Waals surface area contributed by atoms with Crippen LogP contribution in [0.15, 0.2) is 18.2 Å². The number of aliphatic hydroxyl groups is 1. The van der Waals surface area contributed by atoms with Crippen molar-refractivity contribution >= 4 is 0 Å². The summed E-state index contributed by atoms with van der Waals surface area (Å²) in [6.45, 7) is 3.99. The van der Waals surface area contributed by atoms with Crippen LogP contribution in [0.25, 0.3) is 0 Å². The lowest BCUT2D eigenvalue weighted by Crippen LogP contribution is -2.44. The van der Waals surface area contributed by atoms with Gasteiger partial charge in [0.05, 0.1) is 12.1 Å². The van der Waals surface area contributed by atoms with Crippen LogP contribution in [-0.4, -0.2) is 23.8 Å². The fraction of sp³-hybridized carbons (Fsp3) is 0.500. The summed E-state index contributed by atoms with van der Waals surface area (Å²) in [5, 5.41) is 12.5. The van der Waals surface area contributed by atoms with Gasteiger partial charge in [-0.3, -0.25) is 0 Å². The Hall–Kier alpha value is -1.04. The number of benzene rings is 1. The number of aliphatic hydroxyl groups excluding tert-OH is 1. The van der Waals surface area contributed by atoms with Gasteiger partial charge in [0, 0.05) is 12.1 Å². The van der Waals surface area contributed by atoms with Crippen LogP contribution >= 0.6 is 0 Å². The topological polar surface area (TPSA) is 58.3 Å². The average molecular weight is 244 g/mol. The van der Waals surface area contributed by atoms with Crippen molar-refractivity contribution < 1.29 is 13.9 Å². The Kier molecular flexibility index (Phi) is 4.99. The Labute approximate surface area is 99.6 Å². The molecule has 0 fully saturated rings. The monoisotopic (exact) mass is 244 g/mol. The number of rotatable bonds is 5. The quantitative estimate of drug-likeness (QED) is 0.732. The van der Waals surface area contributed by atoms with E-state index >= 15 is 0 Å². The largest absolute Gasteiger partial charge is 0.392 e. The number of hydrogen-bond donors (Lipinski definition) is 3. The van der Waals surface area contributed by atoms with Gasteiger partial charge in [0.1, 0.15) is 11.6 Å². The van der Waals surface area contributed by atoms with E-state index in [1.807, 2.05) is 6.92 Å². The third kappa shape index (κ3) is 3.73. The summed E-state index contributed by atoms with van der Waals surface area (Å²) in [6.07, 6.45) is -0.773. The molecule has 0 radical (unpaired) electrons. The first-order valence-corrected chi connectivity index (χ1v) is 5.58. The molecule has 0 spiro atoms. The van der Waals surface area contributed by atoms with Crippen molar-refractivity contribution in [3.05, 3.63) is 35.4 Å². The van der Waals surface area contributed by atoms with E-state index in [4.69, 9.17) is 5.73 Å². The Balaban J connectivity index is 3.04. The molecule has 1 rings (SSSR count). The van der Waals surface area contributed by atoms with Gasteiger partial charge in [-0.25, -0.2) is 8.78 Å². The van der Waals surface area contributed by atoms with Crippen molar-refractivity contribution in [1.82, 2.24) is 5.32 Å². The van der Waals surface area contributed by atoms with E-state index in [-0.39, 0.29) is 0 Å². The Morgan fingerprint density at radius 3 is 2.24 bits per heavy atom. The first-order valence-electron chi connectivity index (χ1n) is 5.58. The summed E-state index contributed by atoms with van der Waals surface area (Å²) in [5.74, 6) is -1.30. The molecule has 0 aliphatic rings. The Morgan fingerprint density at radius 1 is 1.29 bits per heavy atom. The second-order valence-electron chi connectivity index (χ2n) is 4.06. The molecule has 5 heteroatoms. The summed E-state index contributed by atoms with van der Waals surface area (Å²) >= 11 is 0. The fourth-order valence-corrected chi connectivity index (χ4v) is 1.73. The molecule has 0 saturated heterocycles. The molecule has 0 aliphatic heterocycles. The van der Waals surface area contributed by atoms with Crippen LogP contribution in [0.5, 0.6) is 0 Å². The van der Waals surface area contributed by atoms with Crippen LogP contribution in [0, 0.1) is 11.6 Å². The highest BCUT2D eigenvalue weighted by Crippen LogP contribution is 2.20. The van der Waals surface area contributed by atoms with Crippen LogP contribution in [0.4, 0.5) is 8.78 Å². The van der Waals surface area contributed by atoms with Gasteiger partial charge < -0.3 is 16.2 Å². The van der Waals surface area contributed by atoms with Crippen LogP contribution in [0.3, 0.4) is 0 Å². The molecule has 0 aromatic heterocycles. The predicted molar refractivity (Wildman–Crippen MR) is 62.4 cm³/mol. The van der Waals surface area contributed by atoms with Gasteiger partial charge in [-0.2, -0.15) is 0 Å². The molecule has 0 aliphatic carbocycles. The van der Waals surface area contributed by atoms with Crippen molar-refractivity contribution in [1.29, 1.82) is 0 Å². The molecular formula is C12H18F2N2O. The Bertz CT molecular complexity index is 351. The normalized spacial score (nSPS) is 16.6. The van der Waals surface area contributed by atoms with Crippen molar-refractivity contribution in [2.45, 2.75) is 32.0 Å². The zero-order valence-corrected chi connectivity index (χ0v) is 9.95. The Morgan fingerprint density at radius 2 is 1.82 bits per heavy atom. The van der Waals surface area contributed by atoms with Gasteiger partial charge in [0.25, 0.3) is 0 Å². The minimum absolute atomic E-state index is 0.401. The summed E-state index contributed by atoms with van der Waals surface area (Å²) in [7, 11) is 0. The second-order valence-corrected chi connectivity index (χ2v) is 4.06. The van der Waals surface area contributed by atoms with Crippen molar-refractivity contribution in [3.8, 4) is 0 Å². The molecule has 17 heavy (non-hydrogen) atoms. The maximum Gasteiger partial charge on any atom is 0.126 e.